The van der Waals surface area contributed by atoms with Gasteiger partial charge in [0.2, 0.25) is 0 Å². The number of hydrogen-bond donors (Lipinski definition) is 0. The largest absolute Gasteiger partial charge is 0.457 e. The monoisotopic (exact) mass is 445 g/mol. The molecule has 0 bridgehead atoms. The zero-order valence-corrected chi connectivity index (χ0v) is 20.0. The minimum absolute atomic E-state index is 0.514. The summed E-state index contributed by atoms with van der Waals surface area (Å²) in [4.78, 5) is 0. The van der Waals surface area contributed by atoms with Gasteiger partial charge >= 0.3 is 0 Å². The van der Waals surface area contributed by atoms with Gasteiger partial charge in [-0.1, -0.05) is 65.7 Å². The van der Waals surface area contributed by atoms with E-state index in [-0.39, 0.29) is 0 Å². The number of rotatable bonds is 5. The Labute approximate surface area is 202 Å². The highest BCUT2D eigenvalue weighted by Crippen LogP contribution is 2.32. The quantitative estimate of drug-likeness (QED) is 0.481. The van der Waals surface area contributed by atoms with E-state index in [2.05, 4.69) is 116 Å². The molecule has 0 aromatic heterocycles. The number of ether oxygens (including phenoxy) is 1. The Morgan fingerprint density at radius 1 is 0.824 bits per heavy atom. The van der Waals surface area contributed by atoms with Crippen molar-refractivity contribution in [1.29, 1.82) is 5.26 Å². The molecule has 0 amide bonds. The lowest BCUT2D eigenvalue weighted by Crippen LogP contribution is -2.16. The summed E-state index contributed by atoms with van der Waals surface area (Å²) in [6.45, 7) is 4.91. The second kappa shape index (κ2) is 10.6. The smallest absolute Gasteiger partial charge is 0.199 e. The maximum Gasteiger partial charge on any atom is 0.199 e. The number of hydrogen-bond acceptors (Lipinski definition) is 2. The van der Waals surface area contributed by atoms with Crippen molar-refractivity contribution in [3.05, 3.63) is 131 Å². The summed E-state index contributed by atoms with van der Waals surface area (Å²) in [7, 11) is 2.00. The van der Waals surface area contributed by atoms with Crippen LogP contribution in [0.3, 0.4) is 0 Å². The van der Waals surface area contributed by atoms with Crippen molar-refractivity contribution >= 4 is 17.0 Å². The topological polar surface area (TPSA) is 36.0 Å². The van der Waals surface area contributed by atoms with Gasteiger partial charge < -0.3 is 4.74 Å². The lowest BCUT2D eigenvalue weighted by Gasteiger charge is -2.18. The third kappa shape index (κ3) is 5.79. The van der Waals surface area contributed by atoms with Gasteiger partial charge in [-0.25, -0.2) is 4.58 Å². The lowest BCUT2D eigenvalue weighted by molar-refractivity contribution is -0.494. The highest BCUT2D eigenvalue weighted by Gasteiger charge is 2.14. The fraction of sp³-hybridized carbons (Fsp3) is 0.161. The first-order chi connectivity index (χ1) is 16.5. The molecule has 0 fully saturated rings. The van der Waals surface area contributed by atoms with E-state index in [0.717, 1.165) is 46.0 Å². The van der Waals surface area contributed by atoms with Gasteiger partial charge in [-0.15, -0.1) is 0 Å². The van der Waals surface area contributed by atoms with Gasteiger partial charge in [-0.2, -0.15) is 5.26 Å². The maximum atomic E-state index is 8.80. The molecule has 1 aliphatic carbocycles. The van der Waals surface area contributed by atoms with Gasteiger partial charge in [0.25, 0.3) is 0 Å². The normalized spacial score (nSPS) is 16.0. The molecule has 0 N–H and O–H groups in total. The van der Waals surface area contributed by atoms with Crippen LogP contribution in [0.15, 0.2) is 108 Å². The van der Waals surface area contributed by atoms with E-state index < -0.39 is 0 Å². The fourth-order valence-electron chi connectivity index (χ4n) is 3.74. The first-order valence-electron chi connectivity index (χ1n) is 11.5. The van der Waals surface area contributed by atoms with Crippen molar-refractivity contribution in [2.45, 2.75) is 20.3 Å². The molecule has 2 aliphatic rings. The second-order valence-electron chi connectivity index (χ2n) is 8.60. The van der Waals surface area contributed by atoms with Crippen molar-refractivity contribution in [2.75, 3.05) is 13.6 Å². The first kappa shape index (κ1) is 23.0. The molecule has 0 spiro atoms. The molecule has 0 saturated heterocycles. The Morgan fingerprint density at radius 3 is 2.06 bits per heavy atom. The molecular formula is C31H29N2O+. The van der Waals surface area contributed by atoms with Gasteiger partial charge in [0.05, 0.1) is 12.5 Å². The molecule has 1 heterocycles. The number of benzene rings is 2. The van der Waals surface area contributed by atoms with E-state index in [1.54, 1.807) is 0 Å². The standard InChI is InChI=1S/C31H29N2O/c1-23-5-12-26(13-6-23)28-21-30(34-31(22-28)27-14-7-24(2)8-15-27)18-11-25-9-16-29(17-10-25)33(3)20-4-19-32/h5-18,21-22H,4,20H2,1-3H3/q+1/b25-11?,30-18+,33-29?. The van der Waals surface area contributed by atoms with Crippen LogP contribution in [0.25, 0.3) is 11.3 Å². The Hall–Kier alpha value is -4.16. The summed E-state index contributed by atoms with van der Waals surface area (Å²) in [6, 6.07) is 19.2. The van der Waals surface area contributed by atoms with E-state index in [1.807, 2.05) is 13.1 Å². The zero-order chi connectivity index (χ0) is 23.9. The Balaban J connectivity index is 1.62. The summed E-state index contributed by atoms with van der Waals surface area (Å²) in [6.07, 6.45) is 17.1. The van der Waals surface area contributed by atoms with E-state index in [0.29, 0.717) is 6.42 Å². The van der Waals surface area contributed by atoms with Crippen LogP contribution in [-0.2, 0) is 4.74 Å². The van der Waals surface area contributed by atoms with E-state index >= 15 is 0 Å². The molecule has 168 valence electrons. The summed E-state index contributed by atoms with van der Waals surface area (Å²) in [5.41, 5.74) is 7.99. The Kier molecular flexibility index (Phi) is 7.20. The van der Waals surface area contributed by atoms with Crippen LogP contribution in [0.4, 0.5) is 0 Å². The average molecular weight is 446 g/mol. The molecule has 0 saturated carbocycles. The molecule has 0 unspecified atom stereocenters. The third-order valence-corrected chi connectivity index (χ3v) is 5.87. The van der Waals surface area contributed by atoms with Crippen molar-refractivity contribution in [2.24, 2.45) is 0 Å². The molecule has 2 aromatic carbocycles. The highest BCUT2D eigenvalue weighted by atomic mass is 16.5. The van der Waals surface area contributed by atoms with Crippen LogP contribution in [0.1, 0.15) is 28.7 Å². The minimum Gasteiger partial charge on any atom is -0.457 e. The molecule has 4 rings (SSSR count). The summed E-state index contributed by atoms with van der Waals surface area (Å²) in [5, 5.41) is 8.80. The number of nitrogens with zero attached hydrogens (tertiary/aromatic N) is 2. The Bertz CT molecular complexity index is 1300. The first-order valence-corrected chi connectivity index (χ1v) is 11.5. The number of aryl methyl sites for hydroxylation is 2. The molecule has 0 radical (unpaired) electrons. The fourth-order valence-corrected chi connectivity index (χ4v) is 3.74. The van der Waals surface area contributed by atoms with Crippen LogP contribution in [0.5, 0.6) is 0 Å². The minimum atomic E-state index is 0.514. The Morgan fingerprint density at radius 2 is 1.44 bits per heavy atom. The molecule has 1 aliphatic heterocycles. The molecule has 2 aromatic rings. The van der Waals surface area contributed by atoms with E-state index in [9.17, 15) is 0 Å². The predicted octanol–water partition coefficient (Wildman–Crippen LogP) is 6.69. The van der Waals surface area contributed by atoms with Crippen LogP contribution in [0, 0.1) is 25.2 Å². The van der Waals surface area contributed by atoms with Crippen LogP contribution in [0.2, 0.25) is 0 Å². The predicted molar refractivity (Wildman–Crippen MR) is 140 cm³/mol. The van der Waals surface area contributed by atoms with Gasteiger partial charge in [0.1, 0.15) is 18.6 Å². The highest BCUT2D eigenvalue weighted by molar-refractivity contribution is 6.02. The van der Waals surface area contributed by atoms with Gasteiger partial charge in [0, 0.05) is 17.7 Å². The zero-order valence-electron chi connectivity index (χ0n) is 20.0. The summed E-state index contributed by atoms with van der Waals surface area (Å²) >= 11 is 0. The van der Waals surface area contributed by atoms with Gasteiger partial charge in [-0.3, -0.25) is 0 Å². The van der Waals surface area contributed by atoms with Crippen LogP contribution < -0.4 is 0 Å². The van der Waals surface area contributed by atoms with E-state index in [4.69, 9.17) is 10.00 Å². The molecular weight excluding hydrogens is 416 g/mol. The van der Waals surface area contributed by atoms with Crippen molar-refractivity contribution in [1.82, 2.24) is 0 Å². The summed E-state index contributed by atoms with van der Waals surface area (Å²) < 4.78 is 8.38. The van der Waals surface area contributed by atoms with Gasteiger partial charge in [-0.05, 0) is 60.9 Å². The average Bonchev–Trinajstić information content (AvgIpc) is 2.87. The molecule has 3 heteroatoms. The van der Waals surface area contributed by atoms with Crippen molar-refractivity contribution in [3.63, 3.8) is 0 Å². The molecule has 34 heavy (non-hydrogen) atoms. The van der Waals surface area contributed by atoms with E-state index in [1.165, 1.54) is 11.1 Å². The van der Waals surface area contributed by atoms with Gasteiger partial charge in [0.15, 0.2) is 12.3 Å². The number of allylic oxidation sites excluding steroid dienone is 10. The van der Waals surface area contributed by atoms with Crippen LogP contribution in [-0.4, -0.2) is 23.9 Å². The lowest BCUT2D eigenvalue weighted by atomic mass is 9.99. The SMILES string of the molecule is Cc1ccc(C2=C/C(=C\C=C3C=CC(=[N+](C)CCC#N)C=C3)OC(c3ccc(C)cc3)=C2)cc1. The molecule has 3 nitrogen and oxygen atoms in total. The maximum absolute atomic E-state index is 8.80. The number of nitriles is 1. The summed E-state index contributed by atoms with van der Waals surface area (Å²) in [5.74, 6) is 1.64. The van der Waals surface area contributed by atoms with Crippen molar-refractivity contribution < 1.29 is 9.31 Å². The van der Waals surface area contributed by atoms with Crippen molar-refractivity contribution in [3.8, 4) is 6.07 Å². The van der Waals surface area contributed by atoms with Crippen LogP contribution >= 0.6 is 0 Å². The molecule has 0 atom stereocenters. The second-order valence-corrected chi connectivity index (χ2v) is 8.60. The third-order valence-electron chi connectivity index (χ3n) is 5.87.